The monoisotopic (exact) mass is 482 g/mol. The summed E-state index contributed by atoms with van der Waals surface area (Å²) in [4.78, 5) is 18.6. The van der Waals surface area contributed by atoms with Crippen molar-refractivity contribution in [1.29, 1.82) is 0 Å². The van der Waals surface area contributed by atoms with Crippen LogP contribution in [0.2, 0.25) is 18.1 Å². The van der Waals surface area contributed by atoms with E-state index in [1.54, 1.807) is 24.8 Å². The van der Waals surface area contributed by atoms with Gasteiger partial charge in [0.15, 0.2) is 8.32 Å². The SMILES string of the molecule is CC(C)Oc1cc(C(F)(F)F)c2cc(N3C(=O)CC[C@@H]3CO[Si](C)(C)C(C)(C)C)ccc2n1. The highest BCUT2D eigenvalue weighted by Crippen LogP contribution is 2.40. The molecule has 3 rings (SSSR count). The van der Waals surface area contributed by atoms with Crippen LogP contribution >= 0.6 is 0 Å². The van der Waals surface area contributed by atoms with Gasteiger partial charge < -0.3 is 14.1 Å². The van der Waals surface area contributed by atoms with Crippen molar-refractivity contribution in [3.8, 4) is 5.88 Å². The third kappa shape index (κ3) is 5.51. The largest absolute Gasteiger partial charge is 0.475 e. The van der Waals surface area contributed by atoms with Gasteiger partial charge in [-0.2, -0.15) is 13.2 Å². The molecule has 1 aliphatic rings. The van der Waals surface area contributed by atoms with Crippen LogP contribution in [0.15, 0.2) is 24.3 Å². The summed E-state index contributed by atoms with van der Waals surface area (Å²) < 4.78 is 53.4. The predicted octanol–water partition coefficient (Wildman–Crippen LogP) is 6.56. The van der Waals surface area contributed by atoms with Gasteiger partial charge in [0.1, 0.15) is 0 Å². The van der Waals surface area contributed by atoms with E-state index in [-0.39, 0.29) is 39.9 Å². The zero-order valence-corrected chi connectivity index (χ0v) is 21.3. The van der Waals surface area contributed by atoms with E-state index in [0.29, 0.717) is 25.1 Å². The van der Waals surface area contributed by atoms with Gasteiger partial charge in [0, 0.05) is 23.6 Å². The van der Waals surface area contributed by atoms with Crippen LogP contribution in [0.1, 0.15) is 53.0 Å². The van der Waals surface area contributed by atoms with Gasteiger partial charge in [0.05, 0.1) is 29.8 Å². The molecule has 5 nitrogen and oxygen atoms in total. The lowest BCUT2D eigenvalue weighted by Crippen LogP contribution is -2.45. The van der Waals surface area contributed by atoms with Crippen LogP contribution in [0.25, 0.3) is 10.9 Å². The van der Waals surface area contributed by atoms with Crippen molar-refractivity contribution in [2.45, 2.75) is 83.9 Å². The topological polar surface area (TPSA) is 51.7 Å². The van der Waals surface area contributed by atoms with Gasteiger partial charge in [0.25, 0.3) is 0 Å². The number of rotatable bonds is 6. The number of benzene rings is 1. The fourth-order valence-corrected chi connectivity index (χ4v) is 4.69. The number of fused-ring (bicyclic) bond motifs is 1. The summed E-state index contributed by atoms with van der Waals surface area (Å²) in [6.45, 7) is 14.5. The fourth-order valence-electron chi connectivity index (χ4n) is 3.65. The molecule has 0 spiro atoms. The normalized spacial score (nSPS) is 18.0. The Morgan fingerprint density at radius 1 is 1.18 bits per heavy atom. The Morgan fingerprint density at radius 3 is 2.42 bits per heavy atom. The molecule has 0 unspecified atom stereocenters. The second-order valence-corrected chi connectivity index (χ2v) is 15.2. The number of alkyl halides is 3. The Balaban J connectivity index is 1.99. The van der Waals surface area contributed by atoms with Gasteiger partial charge in [-0.1, -0.05) is 20.8 Å². The van der Waals surface area contributed by atoms with E-state index >= 15 is 0 Å². The fraction of sp³-hybridized carbons (Fsp3) is 0.583. The highest BCUT2D eigenvalue weighted by molar-refractivity contribution is 6.74. The molecule has 9 heteroatoms. The molecule has 0 aliphatic carbocycles. The molecule has 182 valence electrons. The lowest BCUT2D eigenvalue weighted by atomic mass is 10.1. The highest BCUT2D eigenvalue weighted by Gasteiger charge is 2.40. The summed E-state index contributed by atoms with van der Waals surface area (Å²) in [5, 5.41) is -0.0354. The zero-order valence-electron chi connectivity index (χ0n) is 20.3. The number of carbonyl (C=O) groups excluding carboxylic acids is 1. The maximum atomic E-state index is 13.9. The molecule has 1 aromatic heterocycles. The Kier molecular flexibility index (Phi) is 6.88. The van der Waals surface area contributed by atoms with Crippen LogP contribution in [0, 0.1) is 0 Å². The van der Waals surface area contributed by atoms with Crippen molar-refractivity contribution in [1.82, 2.24) is 4.98 Å². The number of halogens is 3. The van der Waals surface area contributed by atoms with Gasteiger partial charge >= 0.3 is 6.18 Å². The number of carbonyl (C=O) groups is 1. The zero-order chi connectivity index (χ0) is 24.8. The number of aromatic nitrogens is 1. The van der Waals surface area contributed by atoms with Crippen LogP contribution in [0.4, 0.5) is 18.9 Å². The number of anilines is 1. The molecule has 1 amide bonds. The average molecular weight is 483 g/mol. The van der Waals surface area contributed by atoms with Crippen LogP contribution in [-0.2, 0) is 15.4 Å². The molecule has 0 bridgehead atoms. The minimum Gasteiger partial charge on any atom is -0.475 e. The Labute approximate surface area is 194 Å². The first-order valence-corrected chi connectivity index (χ1v) is 14.2. The van der Waals surface area contributed by atoms with E-state index in [2.05, 4.69) is 38.8 Å². The number of ether oxygens (including phenoxy) is 1. The molecule has 2 heterocycles. The third-order valence-electron chi connectivity index (χ3n) is 6.48. The Morgan fingerprint density at radius 2 is 1.85 bits per heavy atom. The third-order valence-corrected chi connectivity index (χ3v) is 11.0. The van der Waals surface area contributed by atoms with Crippen LogP contribution in [0.3, 0.4) is 0 Å². The van der Waals surface area contributed by atoms with Crippen molar-refractivity contribution in [3.63, 3.8) is 0 Å². The minimum absolute atomic E-state index is 0.0203. The molecule has 1 atom stereocenters. The molecule has 0 saturated carbocycles. The molecule has 33 heavy (non-hydrogen) atoms. The number of nitrogens with zero attached hydrogens (tertiary/aromatic N) is 2. The Bertz CT molecular complexity index is 1030. The summed E-state index contributed by atoms with van der Waals surface area (Å²) in [5.74, 6) is -0.185. The first-order valence-electron chi connectivity index (χ1n) is 11.2. The van der Waals surface area contributed by atoms with Crippen LogP contribution in [0.5, 0.6) is 5.88 Å². The molecule has 1 saturated heterocycles. The van der Waals surface area contributed by atoms with E-state index in [1.807, 2.05) is 0 Å². The van der Waals surface area contributed by atoms with Gasteiger partial charge in [-0.3, -0.25) is 4.79 Å². The van der Waals surface area contributed by atoms with Crippen molar-refractivity contribution < 1.29 is 27.1 Å². The second kappa shape index (κ2) is 8.90. The number of pyridine rings is 1. The standard InChI is InChI=1S/C24H33F3N2O3Si/c1-15(2)32-21-13-19(24(25,26)27)18-12-16(8-10-20(18)28-21)29-17(9-11-22(29)30)14-31-33(6,7)23(3,4)5/h8,10,12-13,15,17H,9,11,14H2,1-7H3/t17-/m1/s1. The minimum atomic E-state index is -4.59. The smallest absolute Gasteiger partial charge is 0.417 e. The van der Waals surface area contributed by atoms with E-state index < -0.39 is 20.1 Å². The molecule has 0 N–H and O–H groups in total. The molecule has 1 fully saturated rings. The van der Waals surface area contributed by atoms with Crippen LogP contribution in [-0.4, -0.2) is 38.0 Å². The van der Waals surface area contributed by atoms with Crippen molar-refractivity contribution in [2.75, 3.05) is 11.5 Å². The maximum Gasteiger partial charge on any atom is 0.417 e. The lowest BCUT2D eigenvalue weighted by Gasteiger charge is -2.38. The van der Waals surface area contributed by atoms with Gasteiger partial charge in [0.2, 0.25) is 11.8 Å². The van der Waals surface area contributed by atoms with E-state index in [9.17, 15) is 18.0 Å². The second-order valence-electron chi connectivity index (χ2n) is 10.4. The van der Waals surface area contributed by atoms with E-state index in [1.165, 1.54) is 12.1 Å². The molecular formula is C24H33F3N2O3Si. The van der Waals surface area contributed by atoms with Crippen LogP contribution < -0.4 is 9.64 Å². The summed E-state index contributed by atoms with van der Waals surface area (Å²) >= 11 is 0. The van der Waals surface area contributed by atoms with Crippen molar-refractivity contribution >= 4 is 30.8 Å². The van der Waals surface area contributed by atoms with Gasteiger partial charge in [-0.15, -0.1) is 0 Å². The molecular weight excluding hydrogens is 449 g/mol. The van der Waals surface area contributed by atoms with Crippen molar-refractivity contribution in [3.05, 3.63) is 29.8 Å². The number of hydrogen-bond acceptors (Lipinski definition) is 4. The number of amides is 1. The summed E-state index contributed by atoms with van der Waals surface area (Å²) in [5.41, 5.74) is -0.227. The maximum absolute atomic E-state index is 13.9. The molecule has 1 aromatic carbocycles. The molecule has 0 radical (unpaired) electrons. The van der Waals surface area contributed by atoms with E-state index in [4.69, 9.17) is 9.16 Å². The Hall–Kier alpha value is -2.13. The molecule has 2 aromatic rings. The summed E-state index contributed by atoms with van der Waals surface area (Å²) in [6, 6.07) is 5.29. The number of hydrogen-bond donors (Lipinski definition) is 0. The van der Waals surface area contributed by atoms with Crippen molar-refractivity contribution in [2.24, 2.45) is 0 Å². The average Bonchev–Trinajstić information content (AvgIpc) is 3.04. The summed E-state index contributed by atoms with van der Waals surface area (Å²) in [7, 11) is -2.03. The predicted molar refractivity (Wildman–Crippen MR) is 126 cm³/mol. The summed E-state index contributed by atoms with van der Waals surface area (Å²) in [6.07, 6.45) is -3.94. The first-order chi connectivity index (χ1) is 15.1. The quantitative estimate of drug-likeness (QED) is 0.438. The highest BCUT2D eigenvalue weighted by atomic mass is 28.4. The van der Waals surface area contributed by atoms with E-state index in [0.717, 1.165) is 6.07 Å². The van der Waals surface area contributed by atoms with Gasteiger partial charge in [-0.05, 0) is 56.6 Å². The molecule has 1 aliphatic heterocycles. The lowest BCUT2D eigenvalue weighted by molar-refractivity contribution is -0.136. The van der Waals surface area contributed by atoms with Gasteiger partial charge in [-0.25, -0.2) is 4.98 Å². The first kappa shape index (κ1) is 25.5.